The van der Waals surface area contributed by atoms with Crippen molar-refractivity contribution in [3.63, 3.8) is 0 Å². The molecule has 5 rings (SSSR count). The van der Waals surface area contributed by atoms with Gasteiger partial charge >= 0.3 is 0 Å². The van der Waals surface area contributed by atoms with Gasteiger partial charge in [0.15, 0.2) is 5.69 Å². The third kappa shape index (κ3) is 6.12. The topological polar surface area (TPSA) is 92.6 Å². The molecule has 2 aliphatic rings. The van der Waals surface area contributed by atoms with Crippen LogP contribution in [0.2, 0.25) is 0 Å². The predicted molar refractivity (Wildman–Crippen MR) is 130 cm³/mol. The van der Waals surface area contributed by atoms with Crippen LogP contribution in [0.3, 0.4) is 0 Å². The number of carbonyl (C=O) groups excluding carboxylic acids is 2. The lowest BCUT2D eigenvalue weighted by Crippen LogP contribution is -2.51. The lowest BCUT2D eigenvalue weighted by molar-refractivity contribution is -0.135. The third-order valence-corrected chi connectivity index (χ3v) is 6.29. The summed E-state index contributed by atoms with van der Waals surface area (Å²) < 4.78 is 5.84. The van der Waals surface area contributed by atoms with E-state index in [0.29, 0.717) is 45.4 Å². The molecule has 1 saturated carbocycles. The molecule has 1 aliphatic heterocycles. The van der Waals surface area contributed by atoms with Gasteiger partial charge < -0.3 is 15.0 Å². The van der Waals surface area contributed by atoms with Gasteiger partial charge in [-0.1, -0.05) is 48.5 Å². The van der Waals surface area contributed by atoms with Crippen molar-refractivity contribution < 1.29 is 14.3 Å². The number of nitrogens with one attached hydrogen (secondary N) is 1. The Hall–Kier alpha value is -3.56. The molecule has 2 aromatic carbocycles. The number of carbonyl (C=O) groups is 2. The van der Waals surface area contributed by atoms with Crippen LogP contribution in [0.5, 0.6) is 0 Å². The van der Waals surface area contributed by atoms with Crippen LogP contribution < -0.4 is 5.32 Å². The molecule has 9 nitrogen and oxygen atoms in total. The Morgan fingerprint density at radius 3 is 2.54 bits per heavy atom. The zero-order chi connectivity index (χ0) is 24.0. The number of hydrogen-bond acceptors (Lipinski definition) is 6. The van der Waals surface area contributed by atoms with Gasteiger partial charge in [0.05, 0.1) is 31.1 Å². The zero-order valence-electron chi connectivity index (χ0n) is 19.6. The SMILES string of the molecule is O=C(NCC1CN(CC(=O)N(Cc2ccccc2)C2CC2)CCO1)c1cnn(-c2ccccc2)n1. The van der Waals surface area contributed by atoms with E-state index >= 15 is 0 Å². The summed E-state index contributed by atoms with van der Waals surface area (Å²) in [7, 11) is 0. The number of nitrogens with zero attached hydrogens (tertiary/aromatic N) is 5. The summed E-state index contributed by atoms with van der Waals surface area (Å²) in [5.41, 5.74) is 2.19. The molecular weight excluding hydrogens is 444 g/mol. The van der Waals surface area contributed by atoms with E-state index in [9.17, 15) is 9.59 Å². The molecule has 9 heteroatoms. The fraction of sp³-hybridized carbons (Fsp3) is 0.385. The molecule has 3 aromatic rings. The molecule has 1 atom stereocenters. The number of morpholine rings is 1. The highest BCUT2D eigenvalue weighted by atomic mass is 16.5. The molecule has 182 valence electrons. The highest BCUT2D eigenvalue weighted by Crippen LogP contribution is 2.28. The Kier molecular flexibility index (Phi) is 7.15. The van der Waals surface area contributed by atoms with Crippen LogP contribution >= 0.6 is 0 Å². The largest absolute Gasteiger partial charge is 0.374 e. The molecule has 35 heavy (non-hydrogen) atoms. The normalized spacial score (nSPS) is 18.2. The highest BCUT2D eigenvalue weighted by molar-refractivity contribution is 5.91. The van der Waals surface area contributed by atoms with Crippen molar-refractivity contribution in [2.75, 3.05) is 32.8 Å². The van der Waals surface area contributed by atoms with Crippen molar-refractivity contribution >= 4 is 11.8 Å². The van der Waals surface area contributed by atoms with Crippen molar-refractivity contribution in [1.29, 1.82) is 0 Å². The Labute approximate surface area is 204 Å². The molecule has 1 aliphatic carbocycles. The third-order valence-electron chi connectivity index (χ3n) is 6.29. The second-order valence-electron chi connectivity index (χ2n) is 9.03. The molecule has 1 aromatic heterocycles. The van der Waals surface area contributed by atoms with Crippen LogP contribution in [0.15, 0.2) is 66.9 Å². The molecule has 1 N–H and O–H groups in total. The first-order valence-electron chi connectivity index (χ1n) is 12.1. The van der Waals surface area contributed by atoms with Crippen LogP contribution in [0.4, 0.5) is 0 Å². The van der Waals surface area contributed by atoms with E-state index in [4.69, 9.17) is 4.74 Å². The molecule has 2 amide bonds. The molecule has 0 spiro atoms. The lowest BCUT2D eigenvalue weighted by atomic mass is 10.2. The maximum atomic E-state index is 13.1. The Balaban J connectivity index is 1.11. The minimum atomic E-state index is -0.299. The minimum absolute atomic E-state index is 0.151. The number of ether oxygens (including phenoxy) is 1. The van der Waals surface area contributed by atoms with Gasteiger partial charge in [-0.05, 0) is 30.5 Å². The maximum Gasteiger partial charge on any atom is 0.273 e. The summed E-state index contributed by atoms with van der Waals surface area (Å²) in [5, 5.41) is 11.3. The van der Waals surface area contributed by atoms with Gasteiger partial charge in [0.25, 0.3) is 5.91 Å². The highest BCUT2D eigenvalue weighted by Gasteiger charge is 2.34. The summed E-state index contributed by atoms with van der Waals surface area (Å²) >= 11 is 0. The van der Waals surface area contributed by atoms with Crippen molar-refractivity contribution in [3.8, 4) is 5.69 Å². The van der Waals surface area contributed by atoms with Gasteiger partial charge in [-0.3, -0.25) is 14.5 Å². The molecule has 0 radical (unpaired) electrons. The summed E-state index contributed by atoms with van der Waals surface area (Å²) in [5.74, 6) is -0.148. The Morgan fingerprint density at radius 2 is 1.80 bits per heavy atom. The molecular formula is C26H30N6O3. The Morgan fingerprint density at radius 1 is 1.06 bits per heavy atom. The summed E-state index contributed by atoms with van der Waals surface area (Å²) in [4.78, 5) is 31.3. The van der Waals surface area contributed by atoms with Crippen LogP contribution in [0.25, 0.3) is 5.69 Å². The van der Waals surface area contributed by atoms with Crippen LogP contribution in [0, 0.1) is 0 Å². The van der Waals surface area contributed by atoms with E-state index in [1.54, 1.807) is 0 Å². The van der Waals surface area contributed by atoms with E-state index in [-0.39, 0.29) is 23.6 Å². The second-order valence-corrected chi connectivity index (χ2v) is 9.03. The van der Waals surface area contributed by atoms with Crippen molar-refractivity contribution in [1.82, 2.24) is 30.1 Å². The fourth-order valence-corrected chi connectivity index (χ4v) is 4.27. The first-order valence-corrected chi connectivity index (χ1v) is 12.1. The number of aromatic nitrogens is 3. The van der Waals surface area contributed by atoms with E-state index < -0.39 is 0 Å². The van der Waals surface area contributed by atoms with Gasteiger partial charge in [0, 0.05) is 32.2 Å². The average Bonchev–Trinajstić information content (AvgIpc) is 3.62. The van der Waals surface area contributed by atoms with E-state index in [2.05, 4.69) is 32.5 Å². The first-order chi connectivity index (χ1) is 17.2. The van der Waals surface area contributed by atoms with E-state index in [1.807, 2.05) is 53.4 Å². The van der Waals surface area contributed by atoms with Gasteiger partial charge in [0.2, 0.25) is 5.91 Å². The smallest absolute Gasteiger partial charge is 0.273 e. The van der Waals surface area contributed by atoms with Crippen molar-refractivity contribution in [2.24, 2.45) is 0 Å². The van der Waals surface area contributed by atoms with E-state index in [1.165, 1.54) is 11.0 Å². The van der Waals surface area contributed by atoms with Gasteiger partial charge in [-0.2, -0.15) is 9.90 Å². The number of amides is 2. The number of para-hydroxylation sites is 1. The lowest BCUT2D eigenvalue weighted by Gasteiger charge is -2.34. The van der Waals surface area contributed by atoms with Gasteiger partial charge in [-0.15, -0.1) is 5.10 Å². The standard InChI is InChI=1S/C26H30N6O3/c33-25(31(21-11-12-21)17-20-7-3-1-4-8-20)19-30-13-14-35-23(18-30)15-27-26(34)24-16-28-32(29-24)22-9-5-2-6-10-22/h1-10,16,21,23H,11-15,17-19H2,(H,27,34). The van der Waals surface area contributed by atoms with Crippen LogP contribution in [0.1, 0.15) is 28.9 Å². The Bertz CT molecular complexity index is 1130. The zero-order valence-corrected chi connectivity index (χ0v) is 19.6. The molecule has 2 heterocycles. The first kappa shape index (κ1) is 23.2. The van der Waals surface area contributed by atoms with Crippen molar-refractivity contribution in [3.05, 3.63) is 78.1 Å². The number of benzene rings is 2. The summed E-state index contributed by atoms with van der Waals surface area (Å²) in [6.45, 7) is 3.18. The summed E-state index contributed by atoms with van der Waals surface area (Å²) in [6.07, 6.45) is 3.42. The van der Waals surface area contributed by atoms with Crippen LogP contribution in [-0.2, 0) is 16.1 Å². The van der Waals surface area contributed by atoms with Crippen LogP contribution in [-0.4, -0.2) is 81.5 Å². The molecule has 0 bridgehead atoms. The average molecular weight is 475 g/mol. The maximum absolute atomic E-state index is 13.1. The number of hydrogen-bond donors (Lipinski definition) is 1. The fourth-order valence-electron chi connectivity index (χ4n) is 4.27. The molecule has 1 unspecified atom stereocenters. The molecule has 2 fully saturated rings. The van der Waals surface area contributed by atoms with Gasteiger partial charge in [-0.25, -0.2) is 0 Å². The second kappa shape index (κ2) is 10.8. The summed E-state index contributed by atoms with van der Waals surface area (Å²) in [6, 6.07) is 19.9. The van der Waals surface area contributed by atoms with Crippen molar-refractivity contribution in [2.45, 2.75) is 31.5 Å². The number of rotatable bonds is 9. The quantitative estimate of drug-likeness (QED) is 0.509. The monoisotopic (exact) mass is 474 g/mol. The van der Waals surface area contributed by atoms with Gasteiger partial charge in [0.1, 0.15) is 0 Å². The predicted octanol–water partition coefficient (Wildman–Crippen LogP) is 1.89. The minimum Gasteiger partial charge on any atom is -0.374 e. The molecule has 1 saturated heterocycles. The van der Waals surface area contributed by atoms with E-state index in [0.717, 1.165) is 24.1 Å².